The molecule has 1 amide bonds. The Balaban J connectivity index is 3.34. The number of hydrogen-bond donors (Lipinski definition) is 2. The molecule has 0 aliphatic carbocycles. The van der Waals surface area contributed by atoms with Crippen LogP contribution in [-0.2, 0) is 11.2 Å². The monoisotopic (exact) mass is 500 g/mol. The topological polar surface area (TPSA) is 66.0 Å². The summed E-state index contributed by atoms with van der Waals surface area (Å²) in [7, 11) is 3.77. The molecule has 2 atom stereocenters. The molecular weight excluding hydrogens is 460 g/mol. The van der Waals surface area contributed by atoms with Gasteiger partial charge in [-0.05, 0) is 81.6 Å². The van der Waals surface area contributed by atoms with Crippen LogP contribution < -0.4 is 10.6 Å². The molecule has 6 nitrogen and oxygen atoms in total. The fourth-order valence-electron chi connectivity index (χ4n) is 3.10. The van der Waals surface area contributed by atoms with Crippen LogP contribution in [0.5, 0.6) is 0 Å². The van der Waals surface area contributed by atoms with Gasteiger partial charge in [0.15, 0.2) is 0 Å². The number of amides is 1. The Hall–Kier alpha value is -2.99. The lowest BCUT2D eigenvalue weighted by atomic mass is 9.91. The van der Waals surface area contributed by atoms with E-state index in [9.17, 15) is 4.79 Å². The Bertz CT molecular complexity index is 948. The molecule has 192 valence electrons. The van der Waals surface area contributed by atoms with Crippen LogP contribution in [-0.4, -0.2) is 49.1 Å². The van der Waals surface area contributed by atoms with Gasteiger partial charge in [0.25, 0.3) is 0 Å². The predicted molar refractivity (Wildman–Crippen MR) is 150 cm³/mol. The van der Waals surface area contributed by atoms with E-state index in [1.165, 1.54) is 0 Å². The van der Waals surface area contributed by atoms with Crippen LogP contribution >= 0.6 is 11.6 Å². The molecule has 35 heavy (non-hydrogen) atoms. The van der Waals surface area contributed by atoms with Crippen molar-refractivity contribution < 1.29 is 9.53 Å². The second-order valence-electron chi connectivity index (χ2n) is 9.02. The maximum absolute atomic E-state index is 12.7. The molecule has 0 spiro atoms. The van der Waals surface area contributed by atoms with Crippen LogP contribution in [0.3, 0.4) is 0 Å². The van der Waals surface area contributed by atoms with Crippen molar-refractivity contribution in [2.24, 2.45) is 4.99 Å². The van der Waals surface area contributed by atoms with E-state index in [-0.39, 0.29) is 6.04 Å². The number of benzene rings is 1. The van der Waals surface area contributed by atoms with Crippen LogP contribution in [0.25, 0.3) is 5.57 Å². The highest BCUT2D eigenvalue weighted by atomic mass is 35.5. The third-order valence-electron chi connectivity index (χ3n) is 5.29. The van der Waals surface area contributed by atoms with Crippen molar-refractivity contribution >= 4 is 29.6 Å². The summed E-state index contributed by atoms with van der Waals surface area (Å²) in [5.74, 6) is 0. The van der Waals surface area contributed by atoms with Crippen molar-refractivity contribution in [3.63, 3.8) is 0 Å². The first-order valence-corrected chi connectivity index (χ1v) is 12.2. The summed E-state index contributed by atoms with van der Waals surface area (Å²) in [5.41, 5.74) is 2.03. The molecule has 1 aromatic rings. The van der Waals surface area contributed by atoms with Gasteiger partial charge in [0.05, 0.1) is 12.4 Å². The van der Waals surface area contributed by atoms with Crippen LogP contribution in [0, 0.1) is 0 Å². The van der Waals surface area contributed by atoms with Crippen LogP contribution in [0.15, 0.2) is 66.5 Å². The minimum atomic E-state index is -0.581. The minimum Gasteiger partial charge on any atom is -0.444 e. The summed E-state index contributed by atoms with van der Waals surface area (Å²) in [5, 5.41) is 6.92. The van der Waals surface area contributed by atoms with Crippen molar-refractivity contribution in [2.45, 2.75) is 65.1 Å². The van der Waals surface area contributed by atoms with Gasteiger partial charge >= 0.3 is 6.09 Å². The van der Waals surface area contributed by atoms with Crippen molar-refractivity contribution in [3.8, 4) is 0 Å². The van der Waals surface area contributed by atoms with Gasteiger partial charge in [-0.1, -0.05) is 49.4 Å². The van der Waals surface area contributed by atoms with Crippen LogP contribution in [0.4, 0.5) is 4.79 Å². The van der Waals surface area contributed by atoms with Gasteiger partial charge in [0, 0.05) is 31.4 Å². The van der Waals surface area contributed by atoms with Gasteiger partial charge in [-0.3, -0.25) is 0 Å². The van der Waals surface area contributed by atoms with Crippen LogP contribution in [0.1, 0.15) is 52.2 Å². The Morgan fingerprint density at radius 1 is 1.26 bits per heavy atom. The van der Waals surface area contributed by atoms with E-state index in [0.717, 1.165) is 11.1 Å². The highest BCUT2D eigenvalue weighted by Gasteiger charge is 2.24. The second kappa shape index (κ2) is 15.1. The molecule has 7 heteroatoms. The zero-order valence-corrected chi connectivity index (χ0v) is 22.9. The first-order chi connectivity index (χ1) is 16.5. The number of hydrogen-bond acceptors (Lipinski definition) is 4. The molecule has 1 rings (SSSR count). The van der Waals surface area contributed by atoms with Crippen molar-refractivity contribution in [1.82, 2.24) is 15.5 Å². The Morgan fingerprint density at radius 2 is 1.97 bits per heavy atom. The third-order valence-corrected chi connectivity index (χ3v) is 5.53. The van der Waals surface area contributed by atoms with Gasteiger partial charge in [-0.15, -0.1) is 0 Å². The number of halogens is 1. The molecule has 0 aromatic heterocycles. The Kier molecular flexibility index (Phi) is 13.0. The van der Waals surface area contributed by atoms with E-state index < -0.39 is 17.7 Å². The molecule has 0 aliphatic heterocycles. The summed E-state index contributed by atoms with van der Waals surface area (Å²) in [6.45, 7) is 14.0. The fraction of sp³-hybridized carbons (Fsp3) is 0.429. The molecule has 0 heterocycles. The molecule has 1 aromatic carbocycles. The zero-order valence-electron chi connectivity index (χ0n) is 22.1. The first kappa shape index (κ1) is 30.0. The van der Waals surface area contributed by atoms with Crippen LogP contribution in [0.2, 0.25) is 5.02 Å². The molecular formula is C28H41ClN4O2. The number of ether oxygens (including phenoxy) is 1. The van der Waals surface area contributed by atoms with Gasteiger partial charge in [0.2, 0.25) is 0 Å². The summed E-state index contributed by atoms with van der Waals surface area (Å²) >= 11 is 6.38. The Morgan fingerprint density at radius 3 is 2.57 bits per heavy atom. The molecule has 2 N–H and O–H groups in total. The lowest BCUT2D eigenvalue weighted by Gasteiger charge is -2.26. The highest BCUT2D eigenvalue weighted by Crippen LogP contribution is 2.27. The number of nitrogens with one attached hydrogen (secondary N) is 2. The van der Waals surface area contributed by atoms with Gasteiger partial charge in [-0.2, -0.15) is 0 Å². The maximum Gasteiger partial charge on any atom is 0.408 e. The lowest BCUT2D eigenvalue weighted by Crippen LogP contribution is -2.39. The fourth-order valence-corrected chi connectivity index (χ4v) is 3.28. The largest absolute Gasteiger partial charge is 0.444 e. The quantitative estimate of drug-likeness (QED) is 0.188. The predicted octanol–water partition coefficient (Wildman–Crippen LogP) is 6.35. The third kappa shape index (κ3) is 11.3. The molecule has 0 aliphatic rings. The molecule has 1 unspecified atom stereocenters. The number of carbonyl (C=O) groups excluding carboxylic acids is 1. The number of nitrogens with zero attached hydrogens (tertiary/aromatic N) is 2. The van der Waals surface area contributed by atoms with E-state index in [0.29, 0.717) is 23.4 Å². The Labute approximate surface area is 216 Å². The van der Waals surface area contributed by atoms with Gasteiger partial charge < -0.3 is 20.3 Å². The molecule has 0 fully saturated rings. The van der Waals surface area contributed by atoms with E-state index in [1.54, 1.807) is 18.6 Å². The number of allylic oxidation sites excluding steroid dienone is 2. The number of alkyl carbamates (subject to hydrolysis) is 1. The summed E-state index contributed by atoms with van der Waals surface area (Å²) < 4.78 is 5.62. The molecule has 0 saturated carbocycles. The van der Waals surface area contributed by atoms with E-state index in [4.69, 9.17) is 16.3 Å². The number of rotatable bonds is 13. The van der Waals surface area contributed by atoms with E-state index >= 15 is 0 Å². The maximum atomic E-state index is 12.7. The highest BCUT2D eigenvalue weighted by molar-refractivity contribution is 6.30. The smallest absolute Gasteiger partial charge is 0.408 e. The normalized spacial score (nSPS) is 14.1. The van der Waals surface area contributed by atoms with Crippen molar-refractivity contribution in [2.75, 3.05) is 14.1 Å². The van der Waals surface area contributed by atoms with E-state index in [2.05, 4.69) is 28.3 Å². The standard InChI is InChI=1S/C28H41ClN4O2/c1-9-12-24(31-16-10-2)18-22-13-14-23(29)19-25(22)21(4)26(15-17-30-20-33(7)8)32-27(34)35-28(5,6)11-3/h9-10,12-17,19-20,24,26,31H,4,11,18H2,1-3,5-8H3,(H,32,34)/b12-9-,16-10-,17-15+,30-20?/t24?,26-/m0/s1. The first-order valence-electron chi connectivity index (χ1n) is 11.9. The molecule has 0 radical (unpaired) electrons. The van der Waals surface area contributed by atoms with Crippen molar-refractivity contribution in [3.05, 3.63) is 77.6 Å². The minimum absolute atomic E-state index is 0.0888. The molecule has 0 bridgehead atoms. The second-order valence-corrected chi connectivity index (χ2v) is 9.46. The number of carbonyl (C=O) groups is 1. The SMILES string of the molecule is C=C(c1cc(Cl)ccc1CC(/C=C\C)N/C=C\C)[C@H](/C=C/N=CN(C)C)NC(=O)OC(C)(C)CC. The van der Waals surface area contributed by atoms with Gasteiger partial charge in [0.1, 0.15) is 5.60 Å². The summed E-state index contributed by atoms with van der Waals surface area (Å²) in [4.78, 5) is 18.8. The number of aliphatic imine (C=N–C) groups is 1. The van der Waals surface area contributed by atoms with Crippen molar-refractivity contribution in [1.29, 1.82) is 0 Å². The average molecular weight is 501 g/mol. The van der Waals surface area contributed by atoms with Gasteiger partial charge in [-0.25, -0.2) is 9.79 Å². The molecule has 0 saturated heterocycles. The summed E-state index contributed by atoms with van der Waals surface area (Å²) in [6, 6.07) is 5.30. The lowest BCUT2D eigenvalue weighted by molar-refractivity contribution is 0.0360. The van der Waals surface area contributed by atoms with E-state index in [1.807, 2.05) is 90.2 Å². The zero-order chi connectivity index (χ0) is 26.4. The average Bonchev–Trinajstić information content (AvgIpc) is 2.79. The summed E-state index contributed by atoms with van der Waals surface area (Å²) in [6.07, 6.45) is 14.0.